The minimum atomic E-state index is 0.0173. The molecule has 1 N–H and O–H groups in total. The average Bonchev–Trinajstić information content (AvgIpc) is 3.58. The van der Waals surface area contributed by atoms with Crippen LogP contribution < -0.4 is 10.2 Å². The molecule has 0 atom stereocenters. The number of carbonyl (C=O) groups excluding carboxylic acids is 1. The molecule has 1 amide bonds. The number of amides is 1. The molecule has 6 heteroatoms. The maximum Gasteiger partial charge on any atom is 0.252 e. The van der Waals surface area contributed by atoms with E-state index >= 15 is 0 Å². The van der Waals surface area contributed by atoms with Crippen LogP contribution in [0.15, 0.2) is 54.9 Å². The minimum absolute atomic E-state index is 0.0173. The topological polar surface area (TPSA) is 61.4 Å². The molecule has 2 fully saturated rings. The van der Waals surface area contributed by atoms with Gasteiger partial charge in [0.05, 0.1) is 11.1 Å². The molecule has 1 aromatic carbocycles. The molecule has 6 nitrogen and oxygen atoms in total. The van der Waals surface area contributed by atoms with Crippen LogP contribution in [-0.4, -0.2) is 53.0 Å². The van der Waals surface area contributed by atoms with Crippen molar-refractivity contribution in [1.82, 2.24) is 20.2 Å². The van der Waals surface area contributed by atoms with E-state index in [2.05, 4.69) is 32.2 Å². The molecule has 0 bridgehead atoms. The van der Waals surface area contributed by atoms with Crippen molar-refractivity contribution in [2.24, 2.45) is 0 Å². The fourth-order valence-electron chi connectivity index (χ4n) is 3.88. The van der Waals surface area contributed by atoms with Crippen molar-refractivity contribution in [2.75, 3.05) is 31.1 Å². The highest BCUT2D eigenvalue weighted by Gasteiger charge is 2.26. The van der Waals surface area contributed by atoms with Gasteiger partial charge in [0, 0.05) is 56.5 Å². The van der Waals surface area contributed by atoms with E-state index in [0.717, 1.165) is 67.8 Å². The van der Waals surface area contributed by atoms with Gasteiger partial charge >= 0.3 is 0 Å². The van der Waals surface area contributed by atoms with Crippen LogP contribution in [0, 0.1) is 0 Å². The number of para-hydroxylation sites is 1. The number of benzene rings is 1. The molecular formula is C23H25N5O. The van der Waals surface area contributed by atoms with Gasteiger partial charge in [0.15, 0.2) is 0 Å². The zero-order chi connectivity index (χ0) is 19.6. The summed E-state index contributed by atoms with van der Waals surface area (Å²) in [6.45, 7) is 4.69. The first-order valence-electron chi connectivity index (χ1n) is 10.3. The van der Waals surface area contributed by atoms with Crippen LogP contribution in [0.25, 0.3) is 10.9 Å². The van der Waals surface area contributed by atoms with Gasteiger partial charge in [0.25, 0.3) is 5.91 Å². The van der Waals surface area contributed by atoms with Crippen LogP contribution in [-0.2, 0) is 6.54 Å². The normalized spacial score (nSPS) is 17.4. The Labute approximate surface area is 170 Å². The number of aromatic nitrogens is 2. The summed E-state index contributed by atoms with van der Waals surface area (Å²) in [5.41, 5.74) is 2.90. The second kappa shape index (κ2) is 7.79. The van der Waals surface area contributed by atoms with Crippen LogP contribution >= 0.6 is 0 Å². The number of hydrogen-bond acceptors (Lipinski definition) is 5. The quantitative estimate of drug-likeness (QED) is 0.729. The van der Waals surface area contributed by atoms with Gasteiger partial charge in [-0.15, -0.1) is 0 Å². The smallest absolute Gasteiger partial charge is 0.252 e. The fourth-order valence-corrected chi connectivity index (χ4v) is 3.88. The molecule has 1 saturated heterocycles. The van der Waals surface area contributed by atoms with Crippen molar-refractivity contribution in [3.05, 3.63) is 66.0 Å². The number of fused-ring (bicyclic) bond motifs is 1. The van der Waals surface area contributed by atoms with Crippen LogP contribution in [0.2, 0.25) is 0 Å². The van der Waals surface area contributed by atoms with E-state index in [1.165, 1.54) is 5.56 Å². The molecule has 29 heavy (non-hydrogen) atoms. The molecule has 1 saturated carbocycles. The largest absolute Gasteiger partial charge is 0.354 e. The zero-order valence-electron chi connectivity index (χ0n) is 16.4. The fraction of sp³-hybridized carbons (Fsp3) is 0.348. The third-order valence-electron chi connectivity index (χ3n) is 5.71. The van der Waals surface area contributed by atoms with Crippen LogP contribution in [0.1, 0.15) is 28.8 Å². The van der Waals surface area contributed by atoms with Gasteiger partial charge in [0.1, 0.15) is 5.82 Å². The van der Waals surface area contributed by atoms with E-state index in [-0.39, 0.29) is 5.91 Å². The number of piperazine rings is 1. The van der Waals surface area contributed by atoms with Crippen molar-refractivity contribution in [1.29, 1.82) is 0 Å². The number of nitrogens with zero attached hydrogens (tertiary/aromatic N) is 4. The molecule has 0 radical (unpaired) electrons. The molecular weight excluding hydrogens is 362 g/mol. The van der Waals surface area contributed by atoms with Crippen LogP contribution in [0.3, 0.4) is 0 Å². The number of nitrogens with one attached hydrogen (secondary N) is 1. The predicted octanol–water partition coefficient (Wildman–Crippen LogP) is 2.84. The third kappa shape index (κ3) is 4.07. The molecule has 3 heterocycles. The lowest BCUT2D eigenvalue weighted by Crippen LogP contribution is -2.46. The Bertz CT molecular complexity index is 1010. The molecule has 5 rings (SSSR count). The summed E-state index contributed by atoms with van der Waals surface area (Å²) in [5.74, 6) is 0.914. The second-order valence-electron chi connectivity index (χ2n) is 7.91. The summed E-state index contributed by atoms with van der Waals surface area (Å²) in [7, 11) is 0. The van der Waals surface area contributed by atoms with Crippen molar-refractivity contribution < 1.29 is 4.79 Å². The molecule has 2 aromatic heterocycles. The minimum Gasteiger partial charge on any atom is -0.354 e. The van der Waals surface area contributed by atoms with Crippen LogP contribution in [0.5, 0.6) is 0 Å². The summed E-state index contributed by atoms with van der Waals surface area (Å²) in [6.07, 6.45) is 5.86. The summed E-state index contributed by atoms with van der Waals surface area (Å²) in [4.78, 5) is 26.5. The monoisotopic (exact) mass is 387 g/mol. The van der Waals surface area contributed by atoms with Crippen LogP contribution in [0.4, 0.5) is 5.82 Å². The molecule has 1 aliphatic heterocycles. The number of anilines is 1. The summed E-state index contributed by atoms with van der Waals surface area (Å²) >= 11 is 0. The maximum atomic E-state index is 12.8. The van der Waals surface area contributed by atoms with Crippen molar-refractivity contribution in [3.8, 4) is 0 Å². The Kier molecular flexibility index (Phi) is 4.86. The molecule has 1 aliphatic carbocycles. The Hall–Kier alpha value is -2.99. The summed E-state index contributed by atoms with van der Waals surface area (Å²) in [5, 5.41) is 4.05. The van der Waals surface area contributed by atoms with Crippen molar-refractivity contribution >= 4 is 22.6 Å². The molecule has 0 spiro atoms. The van der Waals surface area contributed by atoms with Gasteiger partial charge in [-0.1, -0.05) is 18.2 Å². The second-order valence-corrected chi connectivity index (χ2v) is 7.91. The molecule has 0 unspecified atom stereocenters. The highest BCUT2D eigenvalue weighted by Crippen LogP contribution is 2.26. The number of carbonyl (C=O) groups is 1. The molecule has 2 aliphatic rings. The lowest BCUT2D eigenvalue weighted by atomic mass is 10.1. The van der Waals surface area contributed by atoms with Gasteiger partial charge in [-0.2, -0.15) is 0 Å². The van der Waals surface area contributed by atoms with Crippen molar-refractivity contribution in [3.63, 3.8) is 0 Å². The number of pyridine rings is 2. The van der Waals surface area contributed by atoms with E-state index in [1.807, 2.05) is 42.7 Å². The summed E-state index contributed by atoms with van der Waals surface area (Å²) in [6, 6.07) is 14.4. The Morgan fingerprint density at radius 3 is 2.55 bits per heavy atom. The van der Waals surface area contributed by atoms with E-state index in [1.54, 1.807) is 0 Å². The van der Waals surface area contributed by atoms with Gasteiger partial charge < -0.3 is 10.2 Å². The average molecular weight is 387 g/mol. The maximum absolute atomic E-state index is 12.8. The molecule has 3 aromatic rings. The van der Waals surface area contributed by atoms with E-state index in [9.17, 15) is 4.79 Å². The first kappa shape index (κ1) is 18.1. The lowest BCUT2D eigenvalue weighted by Gasteiger charge is -2.35. The van der Waals surface area contributed by atoms with E-state index in [0.29, 0.717) is 6.04 Å². The van der Waals surface area contributed by atoms with Crippen molar-refractivity contribution in [2.45, 2.75) is 25.4 Å². The Morgan fingerprint density at radius 2 is 1.79 bits per heavy atom. The van der Waals surface area contributed by atoms with Gasteiger partial charge in [-0.05, 0) is 42.7 Å². The molecule has 148 valence electrons. The standard InChI is InChI=1S/C23H25N5O/c29-23(25-18-5-6-18)20-15-22(26-21-4-2-1-3-19(20)21)28-13-11-27(12-14-28)16-17-7-9-24-10-8-17/h1-4,7-10,15,18H,5-6,11-14,16H2,(H,25,29). The zero-order valence-corrected chi connectivity index (χ0v) is 16.4. The highest BCUT2D eigenvalue weighted by atomic mass is 16.1. The Balaban J connectivity index is 1.34. The van der Waals surface area contributed by atoms with Gasteiger partial charge in [-0.3, -0.25) is 14.7 Å². The number of rotatable bonds is 5. The first-order valence-corrected chi connectivity index (χ1v) is 10.3. The first-order chi connectivity index (χ1) is 14.3. The van der Waals surface area contributed by atoms with Gasteiger partial charge in [-0.25, -0.2) is 4.98 Å². The third-order valence-corrected chi connectivity index (χ3v) is 5.71. The summed E-state index contributed by atoms with van der Waals surface area (Å²) < 4.78 is 0. The Morgan fingerprint density at radius 1 is 1.03 bits per heavy atom. The van der Waals surface area contributed by atoms with Gasteiger partial charge in [0.2, 0.25) is 0 Å². The SMILES string of the molecule is O=C(NC1CC1)c1cc(N2CCN(Cc3ccncc3)CC2)nc2ccccc12. The lowest BCUT2D eigenvalue weighted by molar-refractivity contribution is 0.0952. The highest BCUT2D eigenvalue weighted by molar-refractivity contribution is 6.07. The number of hydrogen-bond donors (Lipinski definition) is 1. The van der Waals surface area contributed by atoms with E-state index < -0.39 is 0 Å². The van der Waals surface area contributed by atoms with E-state index in [4.69, 9.17) is 4.98 Å². The predicted molar refractivity (Wildman–Crippen MR) is 114 cm³/mol.